The molecule has 3 rings (SSSR count). The summed E-state index contributed by atoms with van der Waals surface area (Å²) < 4.78 is 11.1. The first-order chi connectivity index (χ1) is 20.4. The van der Waals surface area contributed by atoms with Crippen molar-refractivity contribution >= 4 is 11.9 Å². The van der Waals surface area contributed by atoms with Gasteiger partial charge in [0.2, 0.25) is 0 Å². The fourth-order valence-electron chi connectivity index (χ4n) is 5.55. The lowest BCUT2D eigenvalue weighted by Gasteiger charge is -2.33. The van der Waals surface area contributed by atoms with E-state index < -0.39 is 17.7 Å². The lowest BCUT2D eigenvalue weighted by Crippen LogP contribution is -2.41. The van der Waals surface area contributed by atoms with Crippen molar-refractivity contribution in [2.24, 2.45) is 0 Å². The fourth-order valence-corrected chi connectivity index (χ4v) is 5.55. The van der Waals surface area contributed by atoms with Gasteiger partial charge in [-0.05, 0) is 65.2 Å². The van der Waals surface area contributed by atoms with Gasteiger partial charge >= 0.3 is 11.9 Å². The van der Waals surface area contributed by atoms with Crippen LogP contribution in [-0.4, -0.2) is 17.7 Å². The predicted molar refractivity (Wildman–Crippen MR) is 176 cm³/mol. The van der Waals surface area contributed by atoms with Crippen LogP contribution in [0.25, 0.3) is 0 Å². The Morgan fingerprint density at radius 1 is 0.452 bits per heavy atom. The quantitative estimate of drug-likeness (QED) is 0.187. The van der Waals surface area contributed by atoms with Crippen LogP contribution >= 0.6 is 0 Å². The molecule has 4 heteroatoms. The van der Waals surface area contributed by atoms with Gasteiger partial charge < -0.3 is 9.47 Å². The summed E-state index contributed by atoms with van der Waals surface area (Å²) in [4.78, 5) is 24.0. The molecule has 4 nitrogen and oxygen atoms in total. The predicted octanol–water partition coefficient (Wildman–Crippen LogP) is 11.6. The zero-order chi connectivity index (χ0) is 30.7. The van der Waals surface area contributed by atoms with Crippen LogP contribution in [-0.2, 0) is 19.1 Å². The Morgan fingerprint density at radius 3 is 0.952 bits per heavy atom. The van der Waals surface area contributed by atoms with Crippen molar-refractivity contribution in [3.8, 4) is 0 Å². The van der Waals surface area contributed by atoms with Gasteiger partial charge in [0, 0.05) is 24.0 Å². The van der Waals surface area contributed by atoms with Crippen LogP contribution in [0.4, 0.5) is 0 Å². The van der Waals surface area contributed by atoms with E-state index in [0.717, 1.165) is 25.7 Å². The lowest BCUT2D eigenvalue weighted by atomic mass is 9.96. The summed E-state index contributed by atoms with van der Waals surface area (Å²) >= 11 is 0. The maximum absolute atomic E-state index is 12.0. The van der Waals surface area contributed by atoms with Crippen molar-refractivity contribution in [3.05, 3.63) is 37.1 Å². The monoisotopic (exact) mass is 584 g/mol. The largest absolute Gasteiger partial charge is 0.419 e. The zero-order valence-electron chi connectivity index (χ0n) is 27.6. The molecule has 0 N–H and O–H groups in total. The molecule has 0 aliphatic heterocycles. The summed E-state index contributed by atoms with van der Waals surface area (Å²) in [5.41, 5.74) is 0.616. The Kier molecular flexibility index (Phi) is 23.7. The summed E-state index contributed by atoms with van der Waals surface area (Å²) in [6, 6.07) is 0. The second-order valence-electron chi connectivity index (χ2n) is 12.7. The van der Waals surface area contributed by atoms with Crippen LogP contribution in [0.1, 0.15) is 187 Å². The first kappa shape index (κ1) is 38.4. The highest BCUT2D eigenvalue weighted by Gasteiger charge is 2.38. The number of esters is 2. The molecule has 0 unspecified atom stereocenters. The molecule has 0 saturated heterocycles. The van der Waals surface area contributed by atoms with E-state index in [1.807, 2.05) is 0 Å². The third kappa shape index (κ3) is 21.2. The first-order valence-electron chi connectivity index (χ1n) is 17.6. The van der Waals surface area contributed by atoms with Crippen LogP contribution in [0, 0.1) is 12.8 Å². The molecule has 0 amide bonds. The average Bonchev–Trinajstić information content (AvgIpc) is 2.99. The minimum atomic E-state index is -1.18. The molecule has 0 bridgehead atoms. The molecule has 0 heterocycles. The zero-order valence-corrected chi connectivity index (χ0v) is 27.6. The van der Waals surface area contributed by atoms with E-state index in [2.05, 4.69) is 26.0 Å². The van der Waals surface area contributed by atoms with Crippen molar-refractivity contribution in [1.29, 1.82) is 0 Å². The fraction of sp³-hybridized carbons (Fsp3) is 0.789. The Morgan fingerprint density at radius 2 is 0.690 bits per heavy atom. The topological polar surface area (TPSA) is 52.6 Å². The third-order valence-corrected chi connectivity index (χ3v) is 8.28. The molecule has 3 aliphatic carbocycles. The molecule has 3 saturated carbocycles. The first-order valence-corrected chi connectivity index (χ1v) is 17.6. The van der Waals surface area contributed by atoms with Crippen LogP contribution in [0.15, 0.2) is 24.3 Å². The minimum absolute atomic E-state index is 0.308. The van der Waals surface area contributed by atoms with Gasteiger partial charge in [0.15, 0.2) is 0 Å². The van der Waals surface area contributed by atoms with Gasteiger partial charge in [-0.1, -0.05) is 135 Å². The smallest absolute Gasteiger partial charge is 0.336 e. The molecular weight excluding hydrogens is 520 g/mol. The molecule has 42 heavy (non-hydrogen) atoms. The maximum atomic E-state index is 12.0. The van der Waals surface area contributed by atoms with Gasteiger partial charge in [0.1, 0.15) is 0 Å². The van der Waals surface area contributed by atoms with Crippen LogP contribution in [0.3, 0.4) is 0 Å². The molecule has 0 spiro atoms. The van der Waals surface area contributed by atoms with E-state index in [0.29, 0.717) is 24.0 Å². The van der Waals surface area contributed by atoms with Crippen molar-refractivity contribution in [2.45, 2.75) is 193 Å². The van der Waals surface area contributed by atoms with Crippen molar-refractivity contribution < 1.29 is 19.1 Å². The summed E-state index contributed by atoms with van der Waals surface area (Å²) in [6.45, 7) is 10.4. The standard InChI is InChI=1S/C18H28O4.2C10H18/c1-14(2)16(19)21-18(22-17(20)15(3)4)12-10-8-6-5-7-9-11-13-18;2*1-2-4-6-8-10-9-7-5-3-1/h1,3,5-13H2,2,4H3;2*1-9H2. The second-order valence-corrected chi connectivity index (χ2v) is 12.7. The Labute approximate surface area is 260 Å². The highest BCUT2D eigenvalue weighted by molar-refractivity contribution is 5.89. The highest BCUT2D eigenvalue weighted by atomic mass is 16.7. The third-order valence-electron chi connectivity index (χ3n) is 8.28. The SMILES string of the molecule is C=C(C)C(=O)OC1(OC(=O)C(=C)C)CCCCCCCCC1.[C]1CCCCCCCCC1.[C]1CCCCCCCCC1. The molecule has 0 aromatic heterocycles. The number of hydrogen-bond donors (Lipinski definition) is 0. The van der Waals surface area contributed by atoms with Crippen molar-refractivity contribution in [3.63, 3.8) is 0 Å². The van der Waals surface area contributed by atoms with Crippen LogP contribution in [0.2, 0.25) is 0 Å². The Balaban J connectivity index is 0.000000362. The van der Waals surface area contributed by atoms with Gasteiger partial charge in [-0.15, -0.1) is 0 Å². The molecule has 240 valence electrons. The number of hydrogen-bond acceptors (Lipinski definition) is 4. The second kappa shape index (κ2) is 25.9. The molecule has 0 atom stereocenters. The van der Waals surface area contributed by atoms with E-state index in [1.165, 1.54) is 135 Å². The van der Waals surface area contributed by atoms with E-state index in [9.17, 15) is 9.59 Å². The Hall–Kier alpha value is -1.58. The van der Waals surface area contributed by atoms with Gasteiger partial charge in [-0.2, -0.15) is 0 Å². The van der Waals surface area contributed by atoms with Crippen molar-refractivity contribution in [2.75, 3.05) is 0 Å². The minimum Gasteiger partial charge on any atom is -0.419 e. The van der Waals surface area contributed by atoms with Crippen LogP contribution < -0.4 is 0 Å². The van der Waals surface area contributed by atoms with Gasteiger partial charge in [0.05, 0.1) is 0 Å². The molecule has 3 fully saturated rings. The van der Waals surface area contributed by atoms with E-state index in [1.54, 1.807) is 13.8 Å². The van der Waals surface area contributed by atoms with Gasteiger partial charge in [0.25, 0.3) is 5.79 Å². The summed E-state index contributed by atoms with van der Waals surface area (Å²) in [5, 5.41) is 0. The molecular formula is C38H64O4. The van der Waals surface area contributed by atoms with Crippen molar-refractivity contribution in [1.82, 2.24) is 0 Å². The summed E-state index contributed by atoms with van der Waals surface area (Å²) in [5.74, 6) is -2.19. The van der Waals surface area contributed by atoms with Crippen LogP contribution in [0.5, 0.6) is 0 Å². The molecule has 0 aromatic carbocycles. The highest BCUT2D eigenvalue weighted by Crippen LogP contribution is 2.32. The number of rotatable bonds is 4. The average molecular weight is 585 g/mol. The summed E-state index contributed by atoms with van der Waals surface area (Å²) in [6.07, 6.45) is 40.5. The maximum Gasteiger partial charge on any atom is 0.336 e. The molecule has 0 aromatic rings. The molecule has 3 aliphatic rings. The number of carbonyl (C=O) groups is 2. The lowest BCUT2D eigenvalue weighted by molar-refractivity contribution is -0.229. The Bertz CT molecular complexity index is 598. The molecule has 4 radical (unpaired) electrons. The number of carbonyl (C=O) groups excluding carboxylic acids is 2. The van der Waals surface area contributed by atoms with Gasteiger partial charge in [-0.25, -0.2) is 9.59 Å². The van der Waals surface area contributed by atoms with Gasteiger partial charge in [-0.3, -0.25) is 0 Å². The summed E-state index contributed by atoms with van der Waals surface area (Å²) in [7, 11) is 0. The van der Waals surface area contributed by atoms with E-state index in [4.69, 9.17) is 9.47 Å². The number of ether oxygens (including phenoxy) is 2. The normalized spacial score (nSPS) is 21.3. The van der Waals surface area contributed by atoms with E-state index >= 15 is 0 Å². The van der Waals surface area contributed by atoms with E-state index in [-0.39, 0.29) is 0 Å².